The number of rotatable bonds is 5. The predicted octanol–water partition coefficient (Wildman–Crippen LogP) is 2.07. The zero-order valence-corrected chi connectivity index (χ0v) is 15.9. The van der Waals surface area contributed by atoms with E-state index in [1.807, 2.05) is 25.9 Å². The van der Waals surface area contributed by atoms with Crippen LogP contribution in [0.1, 0.15) is 47.0 Å². The molecule has 0 radical (unpaired) electrons. The van der Waals surface area contributed by atoms with Crippen molar-refractivity contribution in [2.24, 2.45) is 0 Å². The number of aromatic nitrogens is 3. The number of anilines is 2. The third-order valence-corrected chi connectivity index (χ3v) is 4.39. The second-order valence-electron chi connectivity index (χ2n) is 6.80. The average molecular weight is 358 g/mol. The lowest BCUT2D eigenvalue weighted by atomic mass is 10.1. The number of hydrogen-bond donors (Lipinski definition) is 1. The number of piperidine rings is 1. The van der Waals surface area contributed by atoms with Crippen molar-refractivity contribution in [2.75, 3.05) is 37.0 Å². The molecule has 2 aromatic heterocycles. The van der Waals surface area contributed by atoms with Crippen LogP contribution in [0.25, 0.3) is 0 Å². The van der Waals surface area contributed by atoms with Crippen LogP contribution in [-0.4, -0.2) is 48.0 Å². The maximum atomic E-state index is 12.4. The van der Waals surface area contributed by atoms with Gasteiger partial charge in [-0.25, -0.2) is 0 Å². The molecule has 1 aliphatic heterocycles. The molecule has 140 valence electrons. The minimum Gasteiger partial charge on any atom is -0.466 e. The van der Waals surface area contributed by atoms with Crippen molar-refractivity contribution < 1.29 is 9.21 Å². The minimum atomic E-state index is -0.189. The van der Waals surface area contributed by atoms with Gasteiger partial charge in [0.05, 0.1) is 12.1 Å². The van der Waals surface area contributed by atoms with Gasteiger partial charge in [-0.2, -0.15) is 15.0 Å². The van der Waals surface area contributed by atoms with Crippen molar-refractivity contribution in [2.45, 2.75) is 39.7 Å². The molecule has 0 unspecified atom stereocenters. The highest BCUT2D eigenvalue weighted by molar-refractivity contribution is 5.95. The molecule has 0 saturated carbocycles. The van der Waals surface area contributed by atoms with Crippen molar-refractivity contribution in [3.05, 3.63) is 29.0 Å². The van der Waals surface area contributed by atoms with Gasteiger partial charge in [0.15, 0.2) is 5.82 Å². The summed E-state index contributed by atoms with van der Waals surface area (Å²) in [4.78, 5) is 30.0. The fourth-order valence-corrected chi connectivity index (χ4v) is 3.02. The predicted molar refractivity (Wildman–Crippen MR) is 99.6 cm³/mol. The number of nitrogens with one attached hydrogen (secondary N) is 1. The van der Waals surface area contributed by atoms with Gasteiger partial charge >= 0.3 is 0 Å². The summed E-state index contributed by atoms with van der Waals surface area (Å²) in [6.45, 7) is 5.76. The molecule has 0 aliphatic carbocycles. The van der Waals surface area contributed by atoms with E-state index >= 15 is 0 Å². The first-order valence-electron chi connectivity index (χ1n) is 8.96. The van der Waals surface area contributed by atoms with Crippen LogP contribution in [0.15, 0.2) is 10.5 Å². The number of carbonyl (C=O) groups excluding carboxylic acids is 1. The molecule has 1 N–H and O–H groups in total. The molecule has 1 saturated heterocycles. The van der Waals surface area contributed by atoms with Crippen LogP contribution in [-0.2, 0) is 6.54 Å². The molecule has 2 aromatic rings. The molecule has 0 aromatic carbocycles. The fraction of sp³-hybridized carbons (Fsp3) is 0.556. The van der Waals surface area contributed by atoms with E-state index in [1.54, 1.807) is 13.0 Å². The molecule has 3 heterocycles. The zero-order valence-electron chi connectivity index (χ0n) is 15.9. The maximum Gasteiger partial charge on any atom is 0.255 e. The number of amides is 1. The smallest absolute Gasteiger partial charge is 0.255 e. The van der Waals surface area contributed by atoms with Crippen LogP contribution in [0.4, 0.5) is 11.9 Å². The van der Waals surface area contributed by atoms with Crippen LogP contribution in [0, 0.1) is 13.8 Å². The highest BCUT2D eigenvalue weighted by atomic mass is 16.3. The summed E-state index contributed by atoms with van der Waals surface area (Å²) in [5.74, 6) is 2.97. The van der Waals surface area contributed by atoms with Crippen LogP contribution < -0.4 is 15.1 Å². The zero-order chi connectivity index (χ0) is 18.7. The van der Waals surface area contributed by atoms with E-state index in [9.17, 15) is 4.79 Å². The topological polar surface area (TPSA) is 87.4 Å². The molecule has 8 nitrogen and oxygen atoms in total. The van der Waals surface area contributed by atoms with Crippen LogP contribution in [0.2, 0.25) is 0 Å². The monoisotopic (exact) mass is 358 g/mol. The summed E-state index contributed by atoms with van der Waals surface area (Å²) in [5, 5.41) is 2.88. The number of aryl methyl sites for hydroxylation is 2. The fourth-order valence-electron chi connectivity index (χ4n) is 3.02. The third kappa shape index (κ3) is 4.12. The Morgan fingerprint density at radius 2 is 1.92 bits per heavy atom. The minimum absolute atomic E-state index is 0.189. The van der Waals surface area contributed by atoms with Gasteiger partial charge in [-0.05, 0) is 39.2 Å². The first-order chi connectivity index (χ1) is 12.4. The first-order valence-corrected chi connectivity index (χ1v) is 8.96. The molecule has 3 rings (SSSR count). The highest BCUT2D eigenvalue weighted by Gasteiger charge is 2.18. The van der Waals surface area contributed by atoms with E-state index < -0.39 is 0 Å². The number of furan rings is 1. The number of nitrogens with zero attached hydrogens (tertiary/aromatic N) is 5. The van der Waals surface area contributed by atoms with Crippen molar-refractivity contribution >= 4 is 17.8 Å². The van der Waals surface area contributed by atoms with Crippen molar-refractivity contribution in [3.63, 3.8) is 0 Å². The number of hydrogen-bond acceptors (Lipinski definition) is 7. The molecule has 8 heteroatoms. The Hall–Kier alpha value is -2.64. The molecule has 1 aliphatic rings. The van der Waals surface area contributed by atoms with E-state index in [1.165, 1.54) is 6.42 Å². The molecule has 0 bridgehead atoms. The Kier molecular flexibility index (Phi) is 5.39. The Balaban J connectivity index is 1.76. The van der Waals surface area contributed by atoms with Crippen molar-refractivity contribution in [1.29, 1.82) is 0 Å². The molecule has 0 spiro atoms. The average Bonchev–Trinajstić information content (AvgIpc) is 2.98. The molecular formula is C18H26N6O2. The SMILES string of the molecule is Cc1cc(C(=O)NCc2nc(N(C)C)nc(N3CCCCC3)n2)c(C)o1. The quantitative estimate of drug-likeness (QED) is 0.875. The van der Waals surface area contributed by atoms with Gasteiger partial charge in [0.1, 0.15) is 11.5 Å². The van der Waals surface area contributed by atoms with Gasteiger partial charge in [-0.1, -0.05) is 0 Å². The summed E-state index contributed by atoms with van der Waals surface area (Å²) in [6.07, 6.45) is 3.54. The Morgan fingerprint density at radius 1 is 1.19 bits per heavy atom. The van der Waals surface area contributed by atoms with Crippen LogP contribution in [0.3, 0.4) is 0 Å². The van der Waals surface area contributed by atoms with E-state index in [-0.39, 0.29) is 12.5 Å². The van der Waals surface area contributed by atoms with Crippen molar-refractivity contribution in [3.8, 4) is 0 Å². The van der Waals surface area contributed by atoms with E-state index in [2.05, 4.69) is 25.2 Å². The van der Waals surface area contributed by atoms with Crippen LogP contribution in [0.5, 0.6) is 0 Å². The summed E-state index contributed by atoms with van der Waals surface area (Å²) in [5.41, 5.74) is 0.542. The van der Waals surface area contributed by atoms with Crippen LogP contribution >= 0.6 is 0 Å². The van der Waals surface area contributed by atoms with E-state index in [4.69, 9.17) is 4.42 Å². The lowest BCUT2D eigenvalue weighted by molar-refractivity contribution is 0.0948. The molecule has 1 fully saturated rings. The summed E-state index contributed by atoms with van der Waals surface area (Å²) < 4.78 is 5.42. The van der Waals surface area contributed by atoms with Gasteiger partial charge in [0, 0.05) is 27.2 Å². The van der Waals surface area contributed by atoms with E-state index in [0.29, 0.717) is 29.0 Å². The Morgan fingerprint density at radius 3 is 2.54 bits per heavy atom. The summed E-state index contributed by atoms with van der Waals surface area (Å²) in [7, 11) is 3.80. The lowest BCUT2D eigenvalue weighted by Crippen LogP contribution is -2.33. The summed E-state index contributed by atoms with van der Waals surface area (Å²) in [6, 6.07) is 1.74. The Bertz CT molecular complexity index is 780. The molecule has 26 heavy (non-hydrogen) atoms. The highest BCUT2D eigenvalue weighted by Crippen LogP contribution is 2.18. The Labute approximate surface area is 153 Å². The van der Waals surface area contributed by atoms with Crippen molar-refractivity contribution in [1.82, 2.24) is 20.3 Å². The van der Waals surface area contributed by atoms with Gasteiger partial charge < -0.3 is 19.5 Å². The number of carbonyl (C=O) groups is 1. The van der Waals surface area contributed by atoms with Gasteiger partial charge in [0.2, 0.25) is 11.9 Å². The first kappa shape index (κ1) is 18.2. The van der Waals surface area contributed by atoms with Gasteiger partial charge in [-0.15, -0.1) is 0 Å². The van der Waals surface area contributed by atoms with Gasteiger partial charge in [0.25, 0.3) is 5.91 Å². The second kappa shape index (κ2) is 7.72. The third-order valence-electron chi connectivity index (χ3n) is 4.39. The van der Waals surface area contributed by atoms with Gasteiger partial charge in [-0.3, -0.25) is 4.79 Å². The standard InChI is InChI=1S/C18H26N6O2/c1-12-10-14(13(2)26-12)16(25)19-11-15-20-17(23(3)4)22-18(21-15)24-8-6-5-7-9-24/h10H,5-9,11H2,1-4H3,(H,19,25). The van der Waals surface area contributed by atoms with E-state index in [0.717, 1.165) is 31.7 Å². The normalized spacial score (nSPS) is 14.4. The second-order valence-corrected chi connectivity index (χ2v) is 6.80. The lowest BCUT2D eigenvalue weighted by Gasteiger charge is -2.27. The maximum absolute atomic E-state index is 12.4. The molecular weight excluding hydrogens is 332 g/mol. The largest absolute Gasteiger partial charge is 0.466 e. The molecule has 0 atom stereocenters. The summed E-state index contributed by atoms with van der Waals surface area (Å²) >= 11 is 0. The molecule has 1 amide bonds.